The average molecular weight is 295 g/mol. The van der Waals surface area contributed by atoms with E-state index >= 15 is 0 Å². The van der Waals surface area contributed by atoms with Gasteiger partial charge in [-0.3, -0.25) is 4.90 Å². The zero-order valence-corrected chi connectivity index (χ0v) is 13.4. The number of nitrogens with zero attached hydrogens (tertiary/aromatic N) is 1. The second-order valence-electron chi connectivity index (χ2n) is 6.87. The second kappa shape index (κ2) is 6.23. The maximum atomic E-state index is 9.81. The summed E-state index contributed by atoms with van der Waals surface area (Å²) in [6, 6.07) is 21.6. The van der Waals surface area contributed by atoms with Gasteiger partial charge >= 0.3 is 0 Å². The Morgan fingerprint density at radius 2 is 1.55 bits per heavy atom. The first-order chi connectivity index (χ1) is 10.6. The molecular formula is C20H25NO. The number of aliphatic hydroxyl groups is 1. The van der Waals surface area contributed by atoms with Crippen LogP contribution in [0.15, 0.2) is 60.7 Å². The van der Waals surface area contributed by atoms with E-state index in [1.54, 1.807) is 0 Å². The molecule has 0 amide bonds. The third-order valence-corrected chi connectivity index (χ3v) is 5.22. The molecule has 2 heteroatoms. The van der Waals surface area contributed by atoms with Crippen molar-refractivity contribution >= 4 is 0 Å². The zero-order valence-electron chi connectivity index (χ0n) is 13.4. The van der Waals surface area contributed by atoms with Crippen molar-refractivity contribution in [3.05, 3.63) is 71.8 Å². The molecule has 2 aromatic carbocycles. The highest BCUT2D eigenvalue weighted by Crippen LogP contribution is 2.41. The van der Waals surface area contributed by atoms with Crippen LogP contribution in [-0.2, 0) is 0 Å². The van der Waals surface area contributed by atoms with Crippen LogP contribution in [0.25, 0.3) is 0 Å². The van der Waals surface area contributed by atoms with Crippen molar-refractivity contribution in [2.75, 3.05) is 19.7 Å². The molecular weight excluding hydrogens is 270 g/mol. The summed E-state index contributed by atoms with van der Waals surface area (Å²) >= 11 is 0. The first kappa shape index (κ1) is 15.3. The van der Waals surface area contributed by atoms with Gasteiger partial charge in [-0.1, -0.05) is 74.5 Å². The van der Waals surface area contributed by atoms with Gasteiger partial charge in [-0.25, -0.2) is 0 Å². The summed E-state index contributed by atoms with van der Waals surface area (Å²) in [6.45, 7) is 6.65. The van der Waals surface area contributed by atoms with Gasteiger partial charge in [0.15, 0.2) is 0 Å². The number of likely N-dealkylation sites (tertiary alicyclic amines) is 1. The first-order valence-corrected chi connectivity index (χ1v) is 8.09. The molecule has 116 valence electrons. The molecule has 2 aromatic rings. The minimum atomic E-state index is -0.0121. The number of hydrogen-bond acceptors (Lipinski definition) is 2. The van der Waals surface area contributed by atoms with Gasteiger partial charge in [0.1, 0.15) is 0 Å². The van der Waals surface area contributed by atoms with E-state index in [9.17, 15) is 5.11 Å². The largest absolute Gasteiger partial charge is 0.396 e. The van der Waals surface area contributed by atoms with Crippen molar-refractivity contribution in [1.82, 2.24) is 4.90 Å². The molecule has 0 unspecified atom stereocenters. The normalized spacial score (nSPS) is 25.7. The summed E-state index contributed by atoms with van der Waals surface area (Å²) in [5.41, 5.74) is 2.63. The van der Waals surface area contributed by atoms with E-state index in [0.29, 0.717) is 5.92 Å². The maximum Gasteiger partial charge on any atom is 0.0602 e. The Morgan fingerprint density at radius 3 is 1.95 bits per heavy atom. The molecule has 0 bridgehead atoms. The van der Waals surface area contributed by atoms with Gasteiger partial charge in [0, 0.05) is 25.1 Å². The molecule has 2 atom stereocenters. The van der Waals surface area contributed by atoms with Gasteiger partial charge in [0.2, 0.25) is 0 Å². The smallest absolute Gasteiger partial charge is 0.0602 e. The van der Waals surface area contributed by atoms with Crippen LogP contribution in [0, 0.1) is 11.3 Å². The first-order valence-electron chi connectivity index (χ1n) is 8.09. The van der Waals surface area contributed by atoms with Gasteiger partial charge in [0.05, 0.1) is 6.04 Å². The van der Waals surface area contributed by atoms with Crippen LogP contribution < -0.4 is 0 Å². The molecule has 2 nitrogen and oxygen atoms in total. The van der Waals surface area contributed by atoms with Crippen LogP contribution in [0.4, 0.5) is 0 Å². The standard InChI is InChI=1S/C20H25NO/c1-16-13-21(14-20(16,2)15-22)19(17-9-5-3-6-10-17)18-11-7-4-8-12-18/h3-12,16,19,22H,13-15H2,1-2H3/t16-,20+/m1/s1. The predicted octanol–water partition coefficient (Wildman–Crippen LogP) is 3.73. The van der Waals surface area contributed by atoms with Gasteiger partial charge in [0.25, 0.3) is 0 Å². The van der Waals surface area contributed by atoms with Gasteiger partial charge in [-0.15, -0.1) is 0 Å². The lowest BCUT2D eigenvalue weighted by molar-refractivity contribution is 0.114. The van der Waals surface area contributed by atoms with E-state index in [1.165, 1.54) is 11.1 Å². The summed E-state index contributed by atoms with van der Waals surface area (Å²) in [7, 11) is 0. The van der Waals surface area contributed by atoms with Crippen LogP contribution in [0.1, 0.15) is 31.0 Å². The third kappa shape index (κ3) is 2.81. The molecule has 1 saturated heterocycles. The monoisotopic (exact) mass is 295 g/mol. The van der Waals surface area contributed by atoms with E-state index in [2.05, 4.69) is 79.4 Å². The summed E-state index contributed by atoms with van der Waals surface area (Å²) in [6.07, 6.45) is 0. The Kier molecular flexibility index (Phi) is 4.32. The number of rotatable bonds is 4. The maximum absolute atomic E-state index is 9.81. The highest BCUT2D eigenvalue weighted by atomic mass is 16.3. The average Bonchev–Trinajstić information content (AvgIpc) is 2.85. The molecule has 1 N–H and O–H groups in total. The fourth-order valence-electron chi connectivity index (χ4n) is 3.54. The zero-order chi connectivity index (χ0) is 15.6. The van der Waals surface area contributed by atoms with Crippen molar-refractivity contribution in [2.45, 2.75) is 19.9 Å². The molecule has 0 spiro atoms. The topological polar surface area (TPSA) is 23.5 Å². The van der Waals surface area contributed by atoms with Crippen molar-refractivity contribution < 1.29 is 5.11 Å². The highest BCUT2D eigenvalue weighted by Gasteiger charge is 2.42. The number of aliphatic hydroxyl groups excluding tert-OH is 1. The lowest BCUT2D eigenvalue weighted by Gasteiger charge is -2.30. The van der Waals surface area contributed by atoms with Crippen LogP contribution in [0.3, 0.4) is 0 Å². The minimum absolute atomic E-state index is 0.0121. The molecule has 0 saturated carbocycles. The quantitative estimate of drug-likeness (QED) is 0.929. The van der Waals surface area contributed by atoms with Crippen molar-refractivity contribution in [3.63, 3.8) is 0 Å². The van der Waals surface area contributed by atoms with E-state index in [-0.39, 0.29) is 18.1 Å². The molecule has 0 aromatic heterocycles. The Morgan fingerprint density at radius 1 is 1.05 bits per heavy atom. The molecule has 1 aliphatic rings. The van der Waals surface area contributed by atoms with Crippen molar-refractivity contribution in [3.8, 4) is 0 Å². The molecule has 22 heavy (non-hydrogen) atoms. The van der Waals surface area contributed by atoms with Crippen LogP contribution in [0.2, 0.25) is 0 Å². The third-order valence-electron chi connectivity index (χ3n) is 5.22. The summed E-state index contributed by atoms with van der Waals surface area (Å²) in [5.74, 6) is 0.493. The Balaban J connectivity index is 1.97. The number of hydrogen-bond donors (Lipinski definition) is 1. The number of benzene rings is 2. The fourth-order valence-corrected chi connectivity index (χ4v) is 3.54. The highest BCUT2D eigenvalue weighted by molar-refractivity contribution is 5.32. The van der Waals surface area contributed by atoms with Crippen molar-refractivity contribution in [2.24, 2.45) is 11.3 Å². The molecule has 3 rings (SSSR count). The van der Waals surface area contributed by atoms with Gasteiger partial charge < -0.3 is 5.11 Å². The van der Waals surface area contributed by atoms with Gasteiger partial charge in [-0.2, -0.15) is 0 Å². The lowest BCUT2D eigenvalue weighted by Crippen LogP contribution is -2.32. The van der Waals surface area contributed by atoms with Crippen LogP contribution in [-0.4, -0.2) is 29.7 Å². The van der Waals surface area contributed by atoms with E-state index < -0.39 is 0 Å². The van der Waals surface area contributed by atoms with E-state index in [4.69, 9.17) is 0 Å². The fraction of sp³-hybridized carbons (Fsp3) is 0.400. The predicted molar refractivity (Wildman–Crippen MR) is 90.7 cm³/mol. The van der Waals surface area contributed by atoms with Crippen molar-refractivity contribution in [1.29, 1.82) is 0 Å². The van der Waals surface area contributed by atoms with Crippen LogP contribution >= 0.6 is 0 Å². The Hall–Kier alpha value is -1.64. The molecule has 1 heterocycles. The summed E-state index contributed by atoms with van der Waals surface area (Å²) in [4.78, 5) is 2.52. The van der Waals surface area contributed by atoms with E-state index in [1.807, 2.05) is 0 Å². The summed E-state index contributed by atoms with van der Waals surface area (Å²) in [5, 5.41) is 9.81. The molecule has 0 radical (unpaired) electrons. The second-order valence-corrected chi connectivity index (χ2v) is 6.87. The molecule has 1 fully saturated rings. The van der Waals surface area contributed by atoms with Crippen LogP contribution in [0.5, 0.6) is 0 Å². The van der Waals surface area contributed by atoms with E-state index in [0.717, 1.165) is 13.1 Å². The van der Waals surface area contributed by atoms with Gasteiger partial charge in [-0.05, 0) is 17.0 Å². The Bertz CT molecular complexity index is 558. The SMILES string of the molecule is C[C@@H]1CN(C(c2ccccc2)c2ccccc2)C[C@@]1(C)CO. The Labute approximate surface area is 133 Å². The minimum Gasteiger partial charge on any atom is -0.396 e. The lowest BCUT2D eigenvalue weighted by atomic mass is 9.82. The summed E-state index contributed by atoms with van der Waals surface area (Å²) < 4.78 is 0. The molecule has 1 aliphatic heterocycles. The molecule has 0 aliphatic carbocycles.